The van der Waals surface area contributed by atoms with Crippen molar-refractivity contribution < 1.29 is 0 Å². The van der Waals surface area contributed by atoms with Crippen LogP contribution in [0.2, 0.25) is 0 Å². The molecule has 5 heterocycles. The molecule has 0 aliphatic carbocycles. The van der Waals surface area contributed by atoms with Gasteiger partial charge in [-0.3, -0.25) is 4.68 Å². The molecule has 0 atom stereocenters. The van der Waals surface area contributed by atoms with Crippen LogP contribution in [0.4, 0.5) is 16.6 Å². The second-order valence-corrected chi connectivity index (χ2v) is 8.05. The van der Waals surface area contributed by atoms with Crippen molar-refractivity contribution in [1.29, 1.82) is 0 Å². The van der Waals surface area contributed by atoms with Gasteiger partial charge in [0.15, 0.2) is 5.65 Å². The predicted molar refractivity (Wildman–Crippen MR) is 115 cm³/mol. The number of anilines is 3. The highest BCUT2D eigenvalue weighted by Crippen LogP contribution is 2.30. The lowest BCUT2D eigenvalue weighted by atomic mass is 10.2. The molecule has 5 rings (SSSR count). The fourth-order valence-electron chi connectivity index (χ4n) is 3.59. The molecular weight excluding hydrogens is 386 g/mol. The van der Waals surface area contributed by atoms with E-state index in [1.165, 1.54) is 11.5 Å². The molecule has 0 amide bonds. The topological polar surface area (TPSA) is 88.2 Å². The van der Waals surface area contributed by atoms with Crippen molar-refractivity contribution in [1.82, 2.24) is 34.1 Å². The van der Waals surface area contributed by atoms with Crippen LogP contribution in [0, 0.1) is 6.92 Å². The van der Waals surface area contributed by atoms with Gasteiger partial charge in [-0.1, -0.05) is 0 Å². The summed E-state index contributed by atoms with van der Waals surface area (Å²) in [6.45, 7) is 5.90. The van der Waals surface area contributed by atoms with Gasteiger partial charge in [0.25, 0.3) is 0 Å². The number of nitrogens with zero attached hydrogens (tertiary/aromatic N) is 7. The van der Waals surface area contributed by atoms with Crippen molar-refractivity contribution >= 4 is 33.8 Å². The minimum Gasteiger partial charge on any atom is -0.355 e. The third-order valence-electron chi connectivity index (χ3n) is 5.02. The smallest absolute Gasteiger partial charge is 0.167 e. The first-order valence-electron chi connectivity index (χ1n) is 9.71. The minimum atomic E-state index is 0.816. The molecule has 4 aromatic rings. The summed E-state index contributed by atoms with van der Waals surface area (Å²) < 4.78 is 8.03. The van der Waals surface area contributed by atoms with Crippen molar-refractivity contribution in [3.8, 4) is 11.1 Å². The maximum absolute atomic E-state index is 5.00. The van der Waals surface area contributed by atoms with E-state index in [2.05, 4.69) is 36.2 Å². The van der Waals surface area contributed by atoms with Gasteiger partial charge < -0.3 is 15.5 Å². The van der Waals surface area contributed by atoms with Gasteiger partial charge in [0.2, 0.25) is 0 Å². The van der Waals surface area contributed by atoms with Crippen molar-refractivity contribution in [2.45, 2.75) is 13.3 Å². The van der Waals surface area contributed by atoms with Crippen LogP contribution in [0.3, 0.4) is 0 Å². The highest BCUT2D eigenvalue weighted by molar-refractivity contribution is 7.10. The maximum atomic E-state index is 5.00. The van der Waals surface area contributed by atoms with Crippen LogP contribution in [0.1, 0.15) is 12.1 Å². The minimum absolute atomic E-state index is 0.816. The number of rotatable bonds is 4. The highest BCUT2D eigenvalue weighted by atomic mass is 32.1. The number of nitrogens with one attached hydrogen (secondary N) is 2. The average molecular weight is 410 g/mol. The molecule has 10 heteroatoms. The standard InChI is InChI=1S/C19H23N9S/c1-13-8-18(29-25-13)23-17-9-16(27-6-3-4-20-5-7-27)24-19-15(11-22-28(17)19)14-10-21-26(2)12-14/h8-12,20,23H,3-7H2,1-2H3. The largest absolute Gasteiger partial charge is 0.355 e. The number of aryl methyl sites for hydroxylation is 2. The number of aromatic nitrogens is 6. The van der Waals surface area contributed by atoms with Gasteiger partial charge in [0, 0.05) is 50.1 Å². The zero-order valence-corrected chi connectivity index (χ0v) is 17.3. The average Bonchev–Trinajstić information content (AvgIpc) is 3.37. The fraction of sp³-hybridized carbons (Fsp3) is 0.368. The summed E-state index contributed by atoms with van der Waals surface area (Å²) in [5.41, 5.74) is 3.79. The second kappa shape index (κ2) is 7.45. The van der Waals surface area contributed by atoms with E-state index in [1.807, 2.05) is 43.1 Å². The Bertz CT molecular complexity index is 1130. The van der Waals surface area contributed by atoms with Crippen LogP contribution < -0.4 is 15.5 Å². The van der Waals surface area contributed by atoms with E-state index in [1.54, 1.807) is 4.68 Å². The van der Waals surface area contributed by atoms with Gasteiger partial charge in [-0.2, -0.15) is 19.1 Å². The molecule has 0 saturated carbocycles. The molecule has 150 valence electrons. The first-order chi connectivity index (χ1) is 14.2. The molecule has 2 N–H and O–H groups in total. The van der Waals surface area contributed by atoms with Gasteiger partial charge in [-0.25, -0.2) is 4.98 Å². The quantitative estimate of drug-likeness (QED) is 0.535. The van der Waals surface area contributed by atoms with Gasteiger partial charge in [-0.05, 0) is 37.5 Å². The summed E-state index contributed by atoms with van der Waals surface area (Å²) in [6, 6.07) is 4.12. The summed E-state index contributed by atoms with van der Waals surface area (Å²) in [5, 5.41) is 16.9. The van der Waals surface area contributed by atoms with Crippen molar-refractivity contribution in [3.05, 3.63) is 36.4 Å². The summed E-state index contributed by atoms with van der Waals surface area (Å²) >= 11 is 1.44. The lowest BCUT2D eigenvalue weighted by Crippen LogP contribution is -2.28. The van der Waals surface area contributed by atoms with Crippen LogP contribution in [-0.4, -0.2) is 54.9 Å². The van der Waals surface area contributed by atoms with E-state index in [-0.39, 0.29) is 0 Å². The SMILES string of the molecule is Cc1cc(Nc2cc(N3CCCNCC3)nc3c(-c4cnn(C)c4)cnn23)sn1. The highest BCUT2D eigenvalue weighted by Gasteiger charge is 2.18. The zero-order valence-electron chi connectivity index (χ0n) is 16.5. The molecule has 1 fully saturated rings. The molecule has 0 bridgehead atoms. The molecule has 0 radical (unpaired) electrons. The molecule has 0 spiro atoms. The Hall–Kier alpha value is -2.98. The number of hydrogen-bond acceptors (Lipinski definition) is 8. The Kier molecular flexibility index (Phi) is 4.64. The van der Waals surface area contributed by atoms with Gasteiger partial charge in [0.1, 0.15) is 16.6 Å². The monoisotopic (exact) mass is 409 g/mol. The van der Waals surface area contributed by atoms with Crippen LogP contribution >= 0.6 is 11.5 Å². The molecule has 1 aliphatic heterocycles. The van der Waals surface area contributed by atoms with Gasteiger partial charge in [0.05, 0.1) is 18.1 Å². The normalized spacial score (nSPS) is 15.0. The first-order valence-corrected chi connectivity index (χ1v) is 10.5. The fourth-order valence-corrected chi connectivity index (χ4v) is 4.26. The second-order valence-electron chi connectivity index (χ2n) is 7.24. The molecule has 0 unspecified atom stereocenters. The summed E-state index contributed by atoms with van der Waals surface area (Å²) in [4.78, 5) is 7.34. The van der Waals surface area contributed by atoms with E-state index in [0.717, 1.165) is 71.7 Å². The predicted octanol–water partition coefficient (Wildman–Crippen LogP) is 2.44. The first kappa shape index (κ1) is 18.1. The van der Waals surface area contributed by atoms with E-state index < -0.39 is 0 Å². The Morgan fingerprint density at radius 1 is 1.14 bits per heavy atom. The van der Waals surface area contributed by atoms with E-state index in [4.69, 9.17) is 4.98 Å². The maximum Gasteiger partial charge on any atom is 0.167 e. The van der Waals surface area contributed by atoms with Gasteiger partial charge >= 0.3 is 0 Å². The number of fused-ring (bicyclic) bond motifs is 1. The van der Waals surface area contributed by atoms with Crippen molar-refractivity contribution in [2.24, 2.45) is 7.05 Å². The van der Waals surface area contributed by atoms with Gasteiger partial charge in [-0.15, -0.1) is 0 Å². The van der Waals surface area contributed by atoms with Crippen LogP contribution in [0.25, 0.3) is 16.8 Å². The molecule has 29 heavy (non-hydrogen) atoms. The third-order valence-corrected chi connectivity index (χ3v) is 5.81. The summed E-state index contributed by atoms with van der Waals surface area (Å²) in [5.74, 6) is 1.83. The molecule has 1 aliphatic rings. The molecule has 9 nitrogen and oxygen atoms in total. The summed E-state index contributed by atoms with van der Waals surface area (Å²) in [6.07, 6.45) is 6.79. The van der Waals surface area contributed by atoms with Crippen LogP contribution in [0.15, 0.2) is 30.7 Å². The lowest BCUT2D eigenvalue weighted by Gasteiger charge is -2.22. The van der Waals surface area contributed by atoms with Crippen LogP contribution in [0.5, 0.6) is 0 Å². The van der Waals surface area contributed by atoms with E-state index >= 15 is 0 Å². The Morgan fingerprint density at radius 2 is 2.07 bits per heavy atom. The Labute approximate surface area is 172 Å². The van der Waals surface area contributed by atoms with E-state index in [9.17, 15) is 0 Å². The molecular formula is C19H23N9S. The lowest BCUT2D eigenvalue weighted by molar-refractivity contribution is 0.724. The molecule has 1 saturated heterocycles. The summed E-state index contributed by atoms with van der Waals surface area (Å²) in [7, 11) is 1.91. The molecule has 4 aromatic heterocycles. The van der Waals surface area contributed by atoms with Crippen LogP contribution in [-0.2, 0) is 7.05 Å². The Balaban J connectivity index is 1.63. The zero-order chi connectivity index (χ0) is 19.8. The Morgan fingerprint density at radius 3 is 2.86 bits per heavy atom. The molecule has 0 aromatic carbocycles. The van der Waals surface area contributed by atoms with Crippen molar-refractivity contribution in [3.63, 3.8) is 0 Å². The van der Waals surface area contributed by atoms with Crippen molar-refractivity contribution in [2.75, 3.05) is 36.4 Å². The van der Waals surface area contributed by atoms with E-state index in [0.29, 0.717) is 0 Å². The third kappa shape index (κ3) is 3.56. The number of hydrogen-bond donors (Lipinski definition) is 2.